The van der Waals surface area contributed by atoms with Gasteiger partial charge in [0.05, 0.1) is 6.42 Å². The van der Waals surface area contributed by atoms with E-state index in [1.807, 2.05) is 18.2 Å². The molecule has 0 fully saturated rings. The fourth-order valence-corrected chi connectivity index (χ4v) is 2.10. The topological polar surface area (TPSA) is 61.4 Å². The number of carbonyl (C=O) groups excluding carboxylic acids is 1. The molecule has 3 N–H and O–H groups in total. The molecule has 1 aliphatic heterocycles. The van der Waals surface area contributed by atoms with Crippen LogP contribution in [0, 0.1) is 11.8 Å². The molecule has 1 unspecified atom stereocenters. The van der Waals surface area contributed by atoms with Crippen molar-refractivity contribution in [2.75, 3.05) is 23.8 Å². The lowest BCUT2D eigenvalue weighted by atomic mass is 9.97. The first-order valence-corrected chi connectivity index (χ1v) is 6.37. The molecule has 18 heavy (non-hydrogen) atoms. The van der Waals surface area contributed by atoms with Crippen molar-refractivity contribution in [1.82, 2.24) is 0 Å². The first-order valence-electron chi connectivity index (χ1n) is 6.37. The van der Waals surface area contributed by atoms with Gasteiger partial charge in [0.1, 0.15) is 0 Å². The summed E-state index contributed by atoms with van der Waals surface area (Å²) in [6.07, 6.45) is 0.457. The summed E-state index contributed by atoms with van der Waals surface area (Å²) in [7, 11) is 0. The minimum Gasteiger partial charge on any atom is -0.396 e. The molecule has 4 heteroatoms. The zero-order valence-corrected chi connectivity index (χ0v) is 10.9. The number of nitrogens with one attached hydrogen (secondary N) is 2. The van der Waals surface area contributed by atoms with Crippen LogP contribution in [0.1, 0.15) is 19.4 Å². The smallest absolute Gasteiger partial charge is 0.228 e. The summed E-state index contributed by atoms with van der Waals surface area (Å²) < 4.78 is 0. The molecule has 1 heterocycles. The Morgan fingerprint density at radius 1 is 1.44 bits per heavy atom. The molecule has 98 valence electrons. The number of anilines is 2. The molecule has 0 spiro atoms. The molecule has 1 atom stereocenters. The van der Waals surface area contributed by atoms with Crippen LogP contribution in [-0.4, -0.2) is 24.2 Å². The predicted molar refractivity (Wildman–Crippen MR) is 72.7 cm³/mol. The van der Waals surface area contributed by atoms with E-state index in [0.717, 1.165) is 23.5 Å². The van der Waals surface area contributed by atoms with Crippen molar-refractivity contribution < 1.29 is 9.90 Å². The van der Waals surface area contributed by atoms with E-state index >= 15 is 0 Å². The molecule has 4 nitrogen and oxygen atoms in total. The number of benzene rings is 1. The third-order valence-corrected chi connectivity index (χ3v) is 3.48. The van der Waals surface area contributed by atoms with Crippen LogP contribution in [-0.2, 0) is 11.2 Å². The second-order valence-corrected chi connectivity index (χ2v) is 5.16. The highest BCUT2D eigenvalue weighted by Gasteiger charge is 2.18. The van der Waals surface area contributed by atoms with Gasteiger partial charge in [0, 0.05) is 30.4 Å². The van der Waals surface area contributed by atoms with Crippen molar-refractivity contribution in [3.8, 4) is 0 Å². The van der Waals surface area contributed by atoms with Gasteiger partial charge in [-0.05, 0) is 29.7 Å². The fraction of sp³-hybridized carbons (Fsp3) is 0.500. The van der Waals surface area contributed by atoms with Gasteiger partial charge >= 0.3 is 0 Å². The van der Waals surface area contributed by atoms with E-state index in [-0.39, 0.29) is 18.4 Å². The highest BCUT2D eigenvalue weighted by Crippen LogP contribution is 2.26. The first-order chi connectivity index (χ1) is 8.60. The second-order valence-electron chi connectivity index (χ2n) is 5.16. The Bertz CT molecular complexity index is 443. The Morgan fingerprint density at radius 2 is 2.22 bits per heavy atom. The van der Waals surface area contributed by atoms with Crippen molar-refractivity contribution in [3.05, 3.63) is 23.8 Å². The highest BCUT2D eigenvalue weighted by atomic mass is 16.3. The third kappa shape index (κ3) is 2.82. The normalized spacial score (nSPS) is 15.4. The molecule has 0 aliphatic carbocycles. The summed E-state index contributed by atoms with van der Waals surface area (Å²) in [6, 6.07) is 5.88. The van der Waals surface area contributed by atoms with Crippen molar-refractivity contribution in [1.29, 1.82) is 0 Å². The molecule has 0 saturated heterocycles. The van der Waals surface area contributed by atoms with Gasteiger partial charge in [-0.2, -0.15) is 0 Å². The van der Waals surface area contributed by atoms with E-state index in [1.54, 1.807) is 0 Å². The van der Waals surface area contributed by atoms with Crippen LogP contribution in [0.3, 0.4) is 0 Å². The molecular formula is C14H20N2O2. The summed E-state index contributed by atoms with van der Waals surface area (Å²) in [5.41, 5.74) is 2.95. The Hall–Kier alpha value is -1.55. The maximum atomic E-state index is 11.2. The van der Waals surface area contributed by atoms with Crippen LogP contribution in [0.15, 0.2) is 18.2 Å². The maximum Gasteiger partial charge on any atom is 0.228 e. The molecule has 0 aromatic heterocycles. The molecule has 0 bridgehead atoms. The van der Waals surface area contributed by atoms with Crippen molar-refractivity contribution in [3.63, 3.8) is 0 Å². The third-order valence-electron chi connectivity index (χ3n) is 3.48. The lowest BCUT2D eigenvalue weighted by Crippen LogP contribution is -2.22. The van der Waals surface area contributed by atoms with Crippen LogP contribution >= 0.6 is 0 Å². The summed E-state index contributed by atoms with van der Waals surface area (Å²) in [4.78, 5) is 11.2. The van der Waals surface area contributed by atoms with Crippen LogP contribution in [0.4, 0.5) is 11.4 Å². The SMILES string of the molecule is CC(C)C(CO)CNc1ccc2c(c1)CC(=O)N2. The van der Waals surface area contributed by atoms with Crippen LogP contribution in [0.25, 0.3) is 0 Å². The van der Waals surface area contributed by atoms with Crippen LogP contribution < -0.4 is 10.6 Å². The van der Waals surface area contributed by atoms with Gasteiger partial charge in [0.2, 0.25) is 5.91 Å². The average molecular weight is 248 g/mol. The lowest BCUT2D eigenvalue weighted by molar-refractivity contribution is -0.115. The molecule has 1 aromatic carbocycles. The molecule has 1 aliphatic rings. The van der Waals surface area contributed by atoms with E-state index in [9.17, 15) is 9.90 Å². The van der Waals surface area contributed by atoms with Crippen molar-refractivity contribution in [2.24, 2.45) is 11.8 Å². The summed E-state index contributed by atoms with van der Waals surface area (Å²) in [5, 5.41) is 15.4. The van der Waals surface area contributed by atoms with E-state index in [2.05, 4.69) is 24.5 Å². The Labute approximate surface area is 107 Å². The number of aliphatic hydroxyl groups excluding tert-OH is 1. The molecule has 0 radical (unpaired) electrons. The monoisotopic (exact) mass is 248 g/mol. The zero-order valence-electron chi connectivity index (χ0n) is 10.9. The summed E-state index contributed by atoms with van der Waals surface area (Å²) in [5.74, 6) is 0.746. The predicted octanol–water partition coefficient (Wildman–Crippen LogP) is 1.86. The Morgan fingerprint density at radius 3 is 2.89 bits per heavy atom. The highest BCUT2D eigenvalue weighted by molar-refractivity contribution is 5.99. The van der Waals surface area contributed by atoms with E-state index < -0.39 is 0 Å². The maximum absolute atomic E-state index is 11.2. The number of carbonyl (C=O) groups is 1. The number of hydrogen-bond acceptors (Lipinski definition) is 3. The fourth-order valence-electron chi connectivity index (χ4n) is 2.10. The second kappa shape index (κ2) is 5.40. The van der Waals surface area contributed by atoms with E-state index in [1.165, 1.54) is 0 Å². The largest absolute Gasteiger partial charge is 0.396 e. The van der Waals surface area contributed by atoms with E-state index in [0.29, 0.717) is 12.3 Å². The van der Waals surface area contributed by atoms with Gasteiger partial charge < -0.3 is 15.7 Å². The molecule has 1 aromatic rings. The van der Waals surface area contributed by atoms with Gasteiger partial charge in [-0.15, -0.1) is 0 Å². The first kappa shape index (κ1) is 12.9. The number of aliphatic hydroxyl groups is 1. The Kier molecular flexibility index (Phi) is 3.87. The quantitative estimate of drug-likeness (QED) is 0.745. The van der Waals surface area contributed by atoms with Gasteiger partial charge in [0.25, 0.3) is 0 Å². The Balaban J connectivity index is 1.99. The van der Waals surface area contributed by atoms with Crippen molar-refractivity contribution in [2.45, 2.75) is 20.3 Å². The minimum absolute atomic E-state index is 0.0533. The number of rotatable bonds is 5. The van der Waals surface area contributed by atoms with Gasteiger partial charge in [-0.25, -0.2) is 0 Å². The standard InChI is InChI=1S/C14H20N2O2/c1-9(2)11(8-17)7-15-12-3-4-13-10(5-12)6-14(18)16-13/h3-5,9,11,15,17H,6-8H2,1-2H3,(H,16,18). The van der Waals surface area contributed by atoms with Gasteiger partial charge in [-0.3, -0.25) is 4.79 Å². The van der Waals surface area contributed by atoms with Crippen LogP contribution in [0.2, 0.25) is 0 Å². The van der Waals surface area contributed by atoms with Crippen molar-refractivity contribution >= 4 is 17.3 Å². The number of fused-ring (bicyclic) bond motifs is 1. The zero-order chi connectivity index (χ0) is 13.1. The number of amides is 1. The van der Waals surface area contributed by atoms with Gasteiger partial charge in [0.15, 0.2) is 0 Å². The molecule has 2 rings (SSSR count). The lowest BCUT2D eigenvalue weighted by Gasteiger charge is -2.19. The van der Waals surface area contributed by atoms with E-state index in [4.69, 9.17) is 0 Å². The minimum atomic E-state index is 0.0533. The average Bonchev–Trinajstić information content (AvgIpc) is 2.68. The molecule has 0 saturated carbocycles. The molecular weight excluding hydrogens is 228 g/mol. The summed E-state index contributed by atoms with van der Waals surface area (Å²) >= 11 is 0. The number of hydrogen-bond donors (Lipinski definition) is 3. The van der Waals surface area contributed by atoms with Crippen LogP contribution in [0.5, 0.6) is 0 Å². The summed E-state index contributed by atoms with van der Waals surface area (Å²) in [6.45, 7) is 5.14. The van der Waals surface area contributed by atoms with Gasteiger partial charge in [-0.1, -0.05) is 13.8 Å². The molecule has 1 amide bonds.